The Morgan fingerprint density at radius 1 is 0.939 bits per heavy atom. The molecule has 2 aromatic carbocycles. The molecule has 2 aromatic rings. The standard InChI is InChI=1S/C25H28F6NO/c1-16-10-17(2)15-32(14-16)22(21-6-4-5-7-23(21)33-3)9-8-18-11-19(24(26,27)28)13-20(12-18)25(29,30)31/h4-7,9,11-13,16-17,22H,8,10,14-15H2,1-3H3. The molecule has 0 amide bonds. The zero-order valence-corrected chi connectivity index (χ0v) is 18.8. The van der Waals surface area contributed by atoms with Gasteiger partial charge >= 0.3 is 12.4 Å². The third-order valence-electron chi connectivity index (χ3n) is 5.97. The second kappa shape index (κ2) is 9.95. The molecular formula is C25H28F6NO. The average molecular weight is 472 g/mol. The van der Waals surface area contributed by atoms with E-state index < -0.39 is 23.5 Å². The first-order valence-corrected chi connectivity index (χ1v) is 10.9. The molecule has 1 heterocycles. The second-order valence-electron chi connectivity index (χ2n) is 8.94. The lowest BCUT2D eigenvalue weighted by molar-refractivity contribution is -0.143. The molecule has 0 spiro atoms. The Bertz CT molecular complexity index is 897. The van der Waals surface area contributed by atoms with Crippen molar-refractivity contribution in [1.29, 1.82) is 0 Å². The number of hydrogen-bond donors (Lipinski definition) is 0. The van der Waals surface area contributed by atoms with Gasteiger partial charge in [0, 0.05) is 24.7 Å². The number of ether oxygens (including phenoxy) is 1. The summed E-state index contributed by atoms with van der Waals surface area (Å²) in [7, 11) is 1.54. The first-order chi connectivity index (χ1) is 15.4. The van der Waals surface area contributed by atoms with E-state index in [1.165, 1.54) is 0 Å². The summed E-state index contributed by atoms with van der Waals surface area (Å²) in [6.07, 6.45) is -6.92. The van der Waals surface area contributed by atoms with Gasteiger partial charge in [-0.2, -0.15) is 26.3 Å². The molecule has 181 valence electrons. The maximum Gasteiger partial charge on any atom is 0.416 e. The van der Waals surface area contributed by atoms with Gasteiger partial charge in [0.2, 0.25) is 0 Å². The van der Waals surface area contributed by atoms with Gasteiger partial charge in [0.05, 0.1) is 18.2 Å². The Balaban J connectivity index is 1.95. The molecule has 1 radical (unpaired) electrons. The lowest BCUT2D eigenvalue weighted by Crippen LogP contribution is -2.41. The van der Waals surface area contributed by atoms with Crippen LogP contribution in [0.15, 0.2) is 42.5 Å². The van der Waals surface area contributed by atoms with Crippen molar-refractivity contribution >= 4 is 0 Å². The van der Waals surface area contributed by atoms with Crippen molar-refractivity contribution in [2.24, 2.45) is 11.8 Å². The minimum Gasteiger partial charge on any atom is -0.496 e. The summed E-state index contributed by atoms with van der Waals surface area (Å²) in [6, 6.07) is 8.81. The van der Waals surface area contributed by atoms with E-state index in [9.17, 15) is 26.3 Å². The van der Waals surface area contributed by atoms with Gasteiger partial charge in [0.15, 0.2) is 0 Å². The molecule has 1 saturated heterocycles. The minimum atomic E-state index is -4.87. The molecule has 3 atom stereocenters. The van der Waals surface area contributed by atoms with Crippen LogP contribution in [0.2, 0.25) is 0 Å². The molecule has 1 aliphatic heterocycles. The molecule has 1 fully saturated rings. The summed E-state index contributed by atoms with van der Waals surface area (Å²) < 4.78 is 85.1. The Morgan fingerprint density at radius 2 is 1.48 bits per heavy atom. The number of halogens is 6. The largest absolute Gasteiger partial charge is 0.496 e. The number of para-hydroxylation sites is 1. The molecule has 0 aromatic heterocycles. The van der Waals surface area contributed by atoms with Crippen LogP contribution >= 0.6 is 0 Å². The van der Waals surface area contributed by atoms with Gasteiger partial charge < -0.3 is 4.74 Å². The average Bonchev–Trinajstić information content (AvgIpc) is 2.72. The number of benzene rings is 2. The van der Waals surface area contributed by atoms with Gasteiger partial charge in [0.25, 0.3) is 0 Å². The maximum absolute atomic E-state index is 13.3. The third-order valence-corrected chi connectivity index (χ3v) is 5.97. The lowest BCUT2D eigenvalue weighted by Gasteiger charge is -2.40. The third kappa shape index (κ3) is 6.43. The summed E-state index contributed by atoms with van der Waals surface area (Å²) in [5.41, 5.74) is -1.79. The zero-order chi connectivity index (χ0) is 24.4. The fourth-order valence-corrected chi connectivity index (χ4v) is 4.71. The molecule has 0 bridgehead atoms. The van der Waals surface area contributed by atoms with Gasteiger partial charge in [0.1, 0.15) is 5.75 Å². The van der Waals surface area contributed by atoms with Crippen LogP contribution in [0.1, 0.15) is 48.6 Å². The van der Waals surface area contributed by atoms with E-state index in [-0.39, 0.29) is 24.1 Å². The first kappa shape index (κ1) is 25.4. The predicted molar refractivity (Wildman–Crippen MR) is 115 cm³/mol. The van der Waals surface area contributed by atoms with E-state index in [4.69, 9.17) is 4.74 Å². The molecule has 3 rings (SSSR count). The number of rotatable bonds is 6. The van der Waals surface area contributed by atoms with E-state index >= 15 is 0 Å². The Morgan fingerprint density at radius 3 is 2.00 bits per heavy atom. The number of nitrogens with zero attached hydrogens (tertiary/aromatic N) is 1. The molecule has 0 aliphatic carbocycles. The molecule has 1 aliphatic rings. The topological polar surface area (TPSA) is 12.5 Å². The van der Waals surface area contributed by atoms with Crippen LogP contribution in [0.3, 0.4) is 0 Å². The summed E-state index contributed by atoms with van der Waals surface area (Å²) in [4.78, 5) is 2.23. The normalized spacial score (nSPS) is 21.1. The fraction of sp³-hybridized carbons (Fsp3) is 0.480. The highest BCUT2D eigenvalue weighted by Crippen LogP contribution is 2.39. The minimum absolute atomic E-state index is 0.0323. The Labute approximate surface area is 190 Å². The highest BCUT2D eigenvalue weighted by molar-refractivity contribution is 5.39. The van der Waals surface area contributed by atoms with Crippen LogP contribution in [0, 0.1) is 18.3 Å². The van der Waals surface area contributed by atoms with E-state index in [0.717, 1.165) is 37.2 Å². The van der Waals surface area contributed by atoms with E-state index in [0.29, 0.717) is 17.6 Å². The Hall–Kier alpha value is -2.22. The summed E-state index contributed by atoms with van der Waals surface area (Å²) in [5, 5.41) is 0. The van der Waals surface area contributed by atoms with Gasteiger partial charge in [-0.1, -0.05) is 32.0 Å². The van der Waals surface area contributed by atoms with Crippen molar-refractivity contribution in [3.05, 3.63) is 71.1 Å². The second-order valence-corrected chi connectivity index (χ2v) is 8.94. The number of hydrogen-bond acceptors (Lipinski definition) is 2. The predicted octanol–water partition coefficient (Wildman–Crippen LogP) is 7.20. The number of likely N-dealkylation sites (tertiary alicyclic amines) is 1. The highest BCUT2D eigenvalue weighted by Gasteiger charge is 2.37. The summed E-state index contributed by atoms with van der Waals surface area (Å²) in [6.45, 7) is 5.84. The summed E-state index contributed by atoms with van der Waals surface area (Å²) in [5.74, 6) is 1.47. The Kier molecular flexibility index (Phi) is 7.66. The van der Waals surface area contributed by atoms with Crippen molar-refractivity contribution in [3.63, 3.8) is 0 Å². The van der Waals surface area contributed by atoms with Crippen molar-refractivity contribution in [2.45, 2.75) is 45.1 Å². The highest BCUT2D eigenvalue weighted by atomic mass is 19.4. The fourth-order valence-electron chi connectivity index (χ4n) is 4.71. The van der Waals surface area contributed by atoms with Gasteiger partial charge in [-0.05, 0) is 60.9 Å². The molecule has 8 heteroatoms. The monoisotopic (exact) mass is 472 g/mol. The van der Waals surface area contributed by atoms with Crippen LogP contribution in [0.4, 0.5) is 26.3 Å². The number of alkyl halides is 6. The SMILES string of the molecule is COc1ccccc1C([CH]Cc1cc(C(F)(F)F)cc(C(F)(F)F)c1)N1CC(C)CC(C)C1. The van der Waals surface area contributed by atoms with Crippen molar-refractivity contribution in [3.8, 4) is 5.75 Å². The van der Waals surface area contributed by atoms with Crippen LogP contribution < -0.4 is 4.74 Å². The van der Waals surface area contributed by atoms with E-state index in [1.807, 2.05) is 18.2 Å². The summed E-state index contributed by atoms with van der Waals surface area (Å²) >= 11 is 0. The number of piperidine rings is 1. The number of methoxy groups -OCH3 is 1. The van der Waals surface area contributed by atoms with E-state index in [1.54, 1.807) is 19.6 Å². The molecule has 3 unspecified atom stereocenters. The van der Waals surface area contributed by atoms with Crippen molar-refractivity contribution in [1.82, 2.24) is 4.90 Å². The lowest BCUT2D eigenvalue weighted by atomic mass is 9.88. The molecule has 33 heavy (non-hydrogen) atoms. The molecule has 2 nitrogen and oxygen atoms in total. The van der Waals surface area contributed by atoms with Crippen LogP contribution in [0.5, 0.6) is 5.75 Å². The molecule has 0 saturated carbocycles. The van der Waals surface area contributed by atoms with Crippen LogP contribution in [-0.2, 0) is 18.8 Å². The quantitative estimate of drug-likeness (QED) is 0.412. The van der Waals surface area contributed by atoms with Crippen LogP contribution in [-0.4, -0.2) is 25.1 Å². The van der Waals surface area contributed by atoms with Gasteiger partial charge in [-0.3, -0.25) is 4.90 Å². The molecular weight excluding hydrogens is 444 g/mol. The van der Waals surface area contributed by atoms with Crippen molar-refractivity contribution in [2.75, 3.05) is 20.2 Å². The zero-order valence-electron chi connectivity index (χ0n) is 18.8. The molecule has 0 N–H and O–H groups in total. The first-order valence-electron chi connectivity index (χ1n) is 10.9. The smallest absolute Gasteiger partial charge is 0.416 e. The van der Waals surface area contributed by atoms with Crippen molar-refractivity contribution < 1.29 is 31.1 Å². The van der Waals surface area contributed by atoms with E-state index in [2.05, 4.69) is 18.7 Å². The van der Waals surface area contributed by atoms with Crippen LogP contribution in [0.25, 0.3) is 0 Å². The van der Waals surface area contributed by atoms with Gasteiger partial charge in [-0.15, -0.1) is 0 Å². The van der Waals surface area contributed by atoms with Gasteiger partial charge in [-0.25, -0.2) is 0 Å². The maximum atomic E-state index is 13.3.